The molecule has 0 radical (unpaired) electrons. The minimum atomic E-state index is -0.193. The zero-order valence-corrected chi connectivity index (χ0v) is 15.4. The van der Waals surface area contributed by atoms with Crippen LogP contribution in [0, 0.1) is 6.92 Å². The summed E-state index contributed by atoms with van der Waals surface area (Å²) in [5.74, 6) is 0.0209. The third-order valence-corrected chi connectivity index (χ3v) is 4.72. The molecule has 1 heterocycles. The Morgan fingerprint density at radius 2 is 1.81 bits per heavy atom. The van der Waals surface area contributed by atoms with Crippen LogP contribution in [-0.2, 0) is 10.2 Å². The molecule has 4 nitrogen and oxygen atoms in total. The summed E-state index contributed by atoms with van der Waals surface area (Å²) in [5, 5.41) is 7.38. The van der Waals surface area contributed by atoms with Crippen molar-refractivity contribution in [1.82, 2.24) is 15.6 Å². The summed E-state index contributed by atoms with van der Waals surface area (Å²) in [6.45, 7) is 16.9. The van der Waals surface area contributed by atoms with Crippen molar-refractivity contribution in [3.05, 3.63) is 15.6 Å². The van der Waals surface area contributed by atoms with Crippen LogP contribution in [0.25, 0.3) is 0 Å². The number of rotatable bonds is 4. The van der Waals surface area contributed by atoms with Gasteiger partial charge in [0.2, 0.25) is 5.91 Å². The van der Waals surface area contributed by atoms with Crippen LogP contribution in [0.1, 0.15) is 70.1 Å². The van der Waals surface area contributed by atoms with Crippen molar-refractivity contribution in [1.29, 1.82) is 0 Å². The summed E-state index contributed by atoms with van der Waals surface area (Å²) < 4.78 is 0. The second-order valence-corrected chi connectivity index (χ2v) is 8.65. The van der Waals surface area contributed by atoms with E-state index in [-0.39, 0.29) is 22.9 Å². The molecule has 0 saturated heterocycles. The zero-order valence-electron chi connectivity index (χ0n) is 14.5. The highest BCUT2D eigenvalue weighted by Crippen LogP contribution is 2.32. The number of hydrogen-bond acceptors (Lipinski definition) is 4. The fourth-order valence-corrected chi connectivity index (χ4v) is 3.08. The van der Waals surface area contributed by atoms with Crippen molar-refractivity contribution >= 4 is 17.2 Å². The van der Waals surface area contributed by atoms with E-state index in [1.807, 2.05) is 27.7 Å². The van der Waals surface area contributed by atoms with Gasteiger partial charge in [-0.3, -0.25) is 4.79 Å². The minimum Gasteiger partial charge on any atom is -0.350 e. The lowest BCUT2D eigenvalue weighted by molar-refractivity contribution is -0.121. The molecule has 1 amide bonds. The lowest BCUT2D eigenvalue weighted by Crippen LogP contribution is -2.45. The Bertz CT molecular complexity index is 495. The summed E-state index contributed by atoms with van der Waals surface area (Å²) in [6.07, 6.45) is 0. The summed E-state index contributed by atoms with van der Waals surface area (Å²) in [6, 6.07) is 0.129. The molecule has 1 unspecified atom stereocenters. The number of carbonyl (C=O) groups is 1. The molecule has 120 valence electrons. The Labute approximate surface area is 132 Å². The highest BCUT2D eigenvalue weighted by molar-refractivity contribution is 7.12. The smallest absolute Gasteiger partial charge is 0.234 e. The minimum absolute atomic E-state index is 0.0209. The van der Waals surface area contributed by atoms with Crippen LogP contribution in [0.5, 0.6) is 0 Å². The van der Waals surface area contributed by atoms with Gasteiger partial charge >= 0.3 is 0 Å². The summed E-state index contributed by atoms with van der Waals surface area (Å²) in [7, 11) is 0. The van der Waals surface area contributed by atoms with Crippen LogP contribution in [-0.4, -0.2) is 23.0 Å². The Morgan fingerprint density at radius 1 is 1.24 bits per heavy atom. The van der Waals surface area contributed by atoms with E-state index in [4.69, 9.17) is 0 Å². The number of carbonyl (C=O) groups excluding carboxylic acids is 1. The van der Waals surface area contributed by atoms with Gasteiger partial charge in [-0.05, 0) is 34.6 Å². The van der Waals surface area contributed by atoms with Crippen molar-refractivity contribution in [2.45, 2.75) is 72.4 Å². The quantitative estimate of drug-likeness (QED) is 0.897. The van der Waals surface area contributed by atoms with Gasteiger partial charge in [0.25, 0.3) is 0 Å². The first-order chi connectivity index (χ1) is 9.40. The maximum atomic E-state index is 11.9. The van der Waals surface area contributed by atoms with E-state index in [2.05, 4.69) is 43.3 Å². The van der Waals surface area contributed by atoms with Gasteiger partial charge in [-0.15, -0.1) is 11.3 Å². The molecule has 21 heavy (non-hydrogen) atoms. The number of nitrogens with one attached hydrogen (secondary N) is 2. The highest BCUT2D eigenvalue weighted by Gasteiger charge is 2.22. The number of hydrogen-bond donors (Lipinski definition) is 2. The average Bonchev–Trinajstić information content (AvgIpc) is 2.65. The first-order valence-corrected chi connectivity index (χ1v) is 8.24. The van der Waals surface area contributed by atoms with Gasteiger partial charge in [-0.25, -0.2) is 4.98 Å². The van der Waals surface area contributed by atoms with E-state index < -0.39 is 0 Å². The fourth-order valence-electron chi connectivity index (χ4n) is 1.93. The molecule has 0 fully saturated rings. The molecule has 0 spiro atoms. The van der Waals surface area contributed by atoms with E-state index >= 15 is 0 Å². The molecule has 2 N–H and O–H groups in total. The third kappa shape index (κ3) is 5.75. The van der Waals surface area contributed by atoms with Gasteiger partial charge in [0.15, 0.2) is 0 Å². The number of amides is 1. The molecular formula is C16H29N3OS. The Balaban J connectivity index is 2.66. The van der Waals surface area contributed by atoms with Gasteiger partial charge < -0.3 is 10.6 Å². The second-order valence-electron chi connectivity index (χ2n) is 7.62. The Hall–Kier alpha value is -0.940. The SMILES string of the molecule is Cc1nc(C(C)(C)C)sc1C(C)NCC(=O)NC(C)(C)C. The maximum Gasteiger partial charge on any atom is 0.234 e. The van der Waals surface area contributed by atoms with E-state index in [1.165, 1.54) is 4.88 Å². The van der Waals surface area contributed by atoms with E-state index in [1.54, 1.807) is 11.3 Å². The second kappa shape index (κ2) is 6.44. The topological polar surface area (TPSA) is 54.0 Å². The molecule has 5 heteroatoms. The molecular weight excluding hydrogens is 282 g/mol. The van der Waals surface area contributed by atoms with Crippen molar-refractivity contribution in [2.24, 2.45) is 0 Å². The molecule has 0 aliphatic heterocycles. The van der Waals surface area contributed by atoms with Crippen molar-refractivity contribution in [2.75, 3.05) is 6.54 Å². The predicted octanol–water partition coefficient (Wildman–Crippen LogP) is 3.31. The molecule has 0 saturated carbocycles. The average molecular weight is 311 g/mol. The molecule has 1 rings (SSSR count). The molecule has 1 aromatic heterocycles. The summed E-state index contributed by atoms with van der Waals surface area (Å²) in [5.41, 5.74) is 0.930. The molecule has 0 aliphatic rings. The first-order valence-electron chi connectivity index (χ1n) is 7.42. The lowest BCUT2D eigenvalue weighted by atomic mass is 9.98. The van der Waals surface area contributed by atoms with Crippen LogP contribution >= 0.6 is 11.3 Å². The molecule has 0 aliphatic carbocycles. The molecule has 1 aromatic rings. The van der Waals surface area contributed by atoms with Crippen LogP contribution in [0.4, 0.5) is 0 Å². The number of aryl methyl sites for hydroxylation is 1. The molecule has 0 aromatic carbocycles. The standard InChI is InChI=1S/C16H29N3OS/c1-10(17-9-12(20)19-16(6,7)8)13-11(2)18-14(21-13)15(3,4)5/h10,17H,9H2,1-8H3,(H,19,20). The zero-order chi connectivity index (χ0) is 16.4. The van der Waals surface area contributed by atoms with Gasteiger partial charge in [0.05, 0.1) is 17.2 Å². The highest BCUT2D eigenvalue weighted by atomic mass is 32.1. The largest absolute Gasteiger partial charge is 0.350 e. The Morgan fingerprint density at radius 3 is 2.24 bits per heavy atom. The van der Waals surface area contributed by atoms with E-state index in [0.29, 0.717) is 6.54 Å². The normalized spacial score (nSPS) is 14.1. The Kier molecular flexibility index (Phi) is 5.56. The van der Waals surface area contributed by atoms with Crippen LogP contribution in [0.15, 0.2) is 0 Å². The molecule has 0 bridgehead atoms. The van der Waals surface area contributed by atoms with Gasteiger partial charge in [-0.2, -0.15) is 0 Å². The van der Waals surface area contributed by atoms with Crippen LogP contribution < -0.4 is 10.6 Å². The van der Waals surface area contributed by atoms with Gasteiger partial charge in [0, 0.05) is 21.9 Å². The van der Waals surface area contributed by atoms with Crippen molar-refractivity contribution < 1.29 is 4.79 Å². The monoisotopic (exact) mass is 311 g/mol. The lowest BCUT2D eigenvalue weighted by Gasteiger charge is -2.21. The predicted molar refractivity (Wildman–Crippen MR) is 89.9 cm³/mol. The number of nitrogens with zero attached hydrogens (tertiary/aromatic N) is 1. The number of thiazole rings is 1. The fraction of sp³-hybridized carbons (Fsp3) is 0.750. The molecule has 1 atom stereocenters. The number of aromatic nitrogens is 1. The van der Waals surface area contributed by atoms with Crippen LogP contribution in [0.3, 0.4) is 0 Å². The van der Waals surface area contributed by atoms with Crippen molar-refractivity contribution in [3.8, 4) is 0 Å². The summed E-state index contributed by atoms with van der Waals surface area (Å²) in [4.78, 5) is 17.7. The van der Waals surface area contributed by atoms with Gasteiger partial charge in [0.1, 0.15) is 0 Å². The maximum absolute atomic E-state index is 11.9. The van der Waals surface area contributed by atoms with Crippen molar-refractivity contribution in [3.63, 3.8) is 0 Å². The van der Waals surface area contributed by atoms with Gasteiger partial charge in [-0.1, -0.05) is 20.8 Å². The first kappa shape index (κ1) is 18.1. The van der Waals surface area contributed by atoms with Crippen LogP contribution in [0.2, 0.25) is 0 Å². The summed E-state index contributed by atoms with van der Waals surface area (Å²) >= 11 is 1.73. The van der Waals surface area contributed by atoms with E-state index in [9.17, 15) is 4.79 Å². The third-order valence-electron chi connectivity index (χ3n) is 2.95. The van der Waals surface area contributed by atoms with E-state index in [0.717, 1.165) is 10.7 Å².